The predicted molar refractivity (Wildman–Crippen MR) is 88.3 cm³/mol. The first-order valence-electron chi connectivity index (χ1n) is 7.39. The lowest BCUT2D eigenvalue weighted by atomic mass is 10.1. The Bertz CT molecular complexity index is 639. The van der Waals surface area contributed by atoms with Crippen molar-refractivity contribution in [3.63, 3.8) is 0 Å². The Morgan fingerprint density at radius 1 is 1.18 bits per heavy atom. The molecule has 0 unspecified atom stereocenters. The highest BCUT2D eigenvalue weighted by atomic mass is 16.2. The lowest BCUT2D eigenvalue weighted by Crippen LogP contribution is -2.31. The van der Waals surface area contributed by atoms with Gasteiger partial charge in [0.2, 0.25) is 0 Å². The maximum Gasteiger partial charge on any atom is 0.319 e. The molecule has 3 rings (SSSR count). The molecule has 1 aliphatic rings. The van der Waals surface area contributed by atoms with Crippen molar-refractivity contribution in [1.82, 2.24) is 10.3 Å². The maximum atomic E-state index is 12.0. The first kappa shape index (κ1) is 14.4. The molecular formula is C17H20N4O. The number of nitrogens with zero attached hydrogens (tertiary/aromatic N) is 2. The van der Waals surface area contributed by atoms with Crippen LogP contribution in [-0.4, -0.2) is 31.2 Å². The Kier molecular flexibility index (Phi) is 3.96. The Balaban J connectivity index is 1.51. The van der Waals surface area contributed by atoms with Gasteiger partial charge in [0.15, 0.2) is 0 Å². The molecule has 22 heavy (non-hydrogen) atoms. The molecule has 2 atom stereocenters. The number of hydrogen-bond acceptors (Lipinski definition) is 3. The first-order chi connectivity index (χ1) is 10.6. The fraction of sp³-hybridized carbons (Fsp3) is 0.294. The van der Waals surface area contributed by atoms with Gasteiger partial charge in [-0.1, -0.05) is 30.3 Å². The minimum Gasteiger partial charge on any atom is -0.363 e. The van der Waals surface area contributed by atoms with Crippen LogP contribution < -0.4 is 15.5 Å². The molecule has 1 aromatic heterocycles. The number of anilines is 2. The summed E-state index contributed by atoms with van der Waals surface area (Å²) in [7, 11) is 3.86. The van der Waals surface area contributed by atoms with Crippen LogP contribution in [0, 0.1) is 0 Å². The summed E-state index contributed by atoms with van der Waals surface area (Å²) in [6, 6.07) is 14.0. The van der Waals surface area contributed by atoms with Crippen molar-refractivity contribution in [3.05, 3.63) is 54.2 Å². The summed E-state index contributed by atoms with van der Waals surface area (Å²) in [5.74, 6) is 1.29. The van der Waals surface area contributed by atoms with E-state index in [0.29, 0.717) is 11.6 Å². The summed E-state index contributed by atoms with van der Waals surface area (Å²) >= 11 is 0. The summed E-state index contributed by atoms with van der Waals surface area (Å²) in [5, 5.41) is 5.82. The SMILES string of the molecule is CN(C)c1ccc(NC(=O)N[C@@H]2C[C@@H]2c2ccccc2)cn1. The molecule has 0 spiro atoms. The highest BCUT2D eigenvalue weighted by molar-refractivity contribution is 5.89. The van der Waals surface area contributed by atoms with Crippen molar-refractivity contribution in [2.24, 2.45) is 0 Å². The van der Waals surface area contributed by atoms with E-state index < -0.39 is 0 Å². The summed E-state index contributed by atoms with van der Waals surface area (Å²) < 4.78 is 0. The zero-order chi connectivity index (χ0) is 15.5. The van der Waals surface area contributed by atoms with E-state index >= 15 is 0 Å². The quantitative estimate of drug-likeness (QED) is 0.912. The summed E-state index contributed by atoms with van der Waals surface area (Å²) in [4.78, 5) is 18.2. The molecule has 0 bridgehead atoms. The Morgan fingerprint density at radius 3 is 2.59 bits per heavy atom. The van der Waals surface area contributed by atoms with Gasteiger partial charge in [0.25, 0.3) is 0 Å². The fourth-order valence-corrected chi connectivity index (χ4v) is 2.48. The molecule has 5 nitrogen and oxygen atoms in total. The van der Waals surface area contributed by atoms with Crippen LogP contribution in [0.3, 0.4) is 0 Å². The molecule has 114 valence electrons. The average molecular weight is 296 g/mol. The number of nitrogens with one attached hydrogen (secondary N) is 2. The minimum atomic E-state index is -0.178. The van der Waals surface area contributed by atoms with E-state index in [1.807, 2.05) is 49.3 Å². The lowest BCUT2D eigenvalue weighted by Gasteiger charge is -2.12. The van der Waals surface area contributed by atoms with E-state index in [-0.39, 0.29) is 12.1 Å². The van der Waals surface area contributed by atoms with Crippen molar-refractivity contribution in [1.29, 1.82) is 0 Å². The topological polar surface area (TPSA) is 57.3 Å². The van der Waals surface area contributed by atoms with Crippen LogP contribution in [0.2, 0.25) is 0 Å². The highest BCUT2D eigenvalue weighted by Gasteiger charge is 2.39. The Hall–Kier alpha value is -2.56. The van der Waals surface area contributed by atoms with Gasteiger partial charge in [0.1, 0.15) is 5.82 Å². The third-order valence-electron chi connectivity index (χ3n) is 3.80. The number of carbonyl (C=O) groups is 1. The van der Waals surface area contributed by atoms with Gasteiger partial charge in [-0.05, 0) is 24.1 Å². The molecule has 1 aliphatic carbocycles. The minimum absolute atomic E-state index is 0.178. The molecule has 1 heterocycles. The van der Waals surface area contributed by atoms with Crippen LogP contribution in [0.1, 0.15) is 17.9 Å². The van der Waals surface area contributed by atoms with Crippen LogP contribution in [-0.2, 0) is 0 Å². The van der Waals surface area contributed by atoms with E-state index in [1.54, 1.807) is 6.20 Å². The number of amides is 2. The van der Waals surface area contributed by atoms with Crippen molar-refractivity contribution in [2.75, 3.05) is 24.3 Å². The largest absolute Gasteiger partial charge is 0.363 e. The Labute approximate surface area is 130 Å². The highest BCUT2D eigenvalue weighted by Crippen LogP contribution is 2.40. The molecular weight excluding hydrogens is 276 g/mol. The van der Waals surface area contributed by atoms with Crippen LogP contribution in [0.25, 0.3) is 0 Å². The van der Waals surface area contributed by atoms with Crippen molar-refractivity contribution >= 4 is 17.5 Å². The van der Waals surface area contributed by atoms with Crippen LogP contribution in [0.15, 0.2) is 48.7 Å². The molecule has 0 saturated heterocycles. The molecule has 1 saturated carbocycles. The molecule has 2 N–H and O–H groups in total. The second kappa shape index (κ2) is 6.05. The number of hydrogen-bond donors (Lipinski definition) is 2. The molecule has 0 radical (unpaired) electrons. The predicted octanol–water partition coefficient (Wildman–Crippen LogP) is 2.83. The number of aromatic nitrogens is 1. The lowest BCUT2D eigenvalue weighted by molar-refractivity contribution is 0.251. The van der Waals surface area contributed by atoms with Gasteiger partial charge in [-0.3, -0.25) is 0 Å². The normalized spacial score (nSPS) is 19.4. The van der Waals surface area contributed by atoms with Gasteiger partial charge in [0.05, 0.1) is 11.9 Å². The van der Waals surface area contributed by atoms with E-state index in [9.17, 15) is 4.79 Å². The van der Waals surface area contributed by atoms with Crippen molar-refractivity contribution < 1.29 is 4.79 Å². The number of carbonyl (C=O) groups excluding carboxylic acids is 1. The average Bonchev–Trinajstić information content (AvgIpc) is 3.27. The van der Waals surface area contributed by atoms with Crippen molar-refractivity contribution in [3.8, 4) is 0 Å². The molecule has 0 aliphatic heterocycles. The molecule has 1 aromatic carbocycles. The van der Waals surface area contributed by atoms with Gasteiger partial charge in [-0.15, -0.1) is 0 Å². The van der Waals surface area contributed by atoms with Gasteiger partial charge >= 0.3 is 6.03 Å². The third-order valence-corrected chi connectivity index (χ3v) is 3.80. The molecule has 2 aromatic rings. The van der Waals surface area contributed by atoms with E-state index in [1.165, 1.54) is 5.56 Å². The second-order valence-corrected chi connectivity index (χ2v) is 5.76. The summed E-state index contributed by atoms with van der Waals surface area (Å²) in [5.41, 5.74) is 1.98. The number of rotatable bonds is 4. The zero-order valence-electron chi connectivity index (χ0n) is 12.8. The Morgan fingerprint density at radius 2 is 1.95 bits per heavy atom. The summed E-state index contributed by atoms with van der Waals surface area (Å²) in [6.07, 6.45) is 2.66. The molecule has 1 fully saturated rings. The summed E-state index contributed by atoms with van der Waals surface area (Å²) in [6.45, 7) is 0. The van der Waals surface area contributed by atoms with Gasteiger partial charge < -0.3 is 15.5 Å². The van der Waals surface area contributed by atoms with E-state index in [2.05, 4.69) is 27.8 Å². The maximum absolute atomic E-state index is 12.0. The number of urea groups is 1. The number of benzene rings is 1. The van der Waals surface area contributed by atoms with Gasteiger partial charge in [0, 0.05) is 26.1 Å². The fourth-order valence-electron chi connectivity index (χ4n) is 2.48. The van der Waals surface area contributed by atoms with Crippen molar-refractivity contribution in [2.45, 2.75) is 18.4 Å². The van der Waals surface area contributed by atoms with Crippen LogP contribution in [0.5, 0.6) is 0 Å². The van der Waals surface area contributed by atoms with Gasteiger partial charge in [-0.2, -0.15) is 0 Å². The smallest absolute Gasteiger partial charge is 0.319 e. The van der Waals surface area contributed by atoms with E-state index in [0.717, 1.165) is 12.2 Å². The second-order valence-electron chi connectivity index (χ2n) is 5.76. The van der Waals surface area contributed by atoms with Crippen LogP contribution >= 0.6 is 0 Å². The third kappa shape index (κ3) is 3.36. The standard InChI is InChI=1S/C17H20N4O/c1-21(2)16-9-8-13(11-18-16)19-17(22)20-15-10-14(15)12-6-4-3-5-7-12/h3-9,11,14-15H,10H2,1-2H3,(H2,19,20,22)/t14-,15-/m1/s1. The first-order valence-corrected chi connectivity index (χ1v) is 7.39. The molecule has 5 heteroatoms. The van der Waals surface area contributed by atoms with Crippen LogP contribution in [0.4, 0.5) is 16.3 Å². The van der Waals surface area contributed by atoms with Gasteiger partial charge in [-0.25, -0.2) is 9.78 Å². The van der Waals surface area contributed by atoms with E-state index in [4.69, 9.17) is 0 Å². The number of pyridine rings is 1. The zero-order valence-corrected chi connectivity index (χ0v) is 12.8. The monoisotopic (exact) mass is 296 g/mol. The molecule has 2 amide bonds.